The molecule has 154 valence electrons. The molecule has 9 nitrogen and oxygen atoms in total. The van der Waals surface area contributed by atoms with Gasteiger partial charge < -0.3 is 10.1 Å². The number of anilines is 1. The van der Waals surface area contributed by atoms with Crippen LogP contribution in [-0.2, 0) is 19.1 Å². The van der Waals surface area contributed by atoms with E-state index in [0.29, 0.717) is 5.69 Å². The Morgan fingerprint density at radius 1 is 1.21 bits per heavy atom. The van der Waals surface area contributed by atoms with Gasteiger partial charge in [0.15, 0.2) is 0 Å². The molecule has 1 fully saturated rings. The zero-order valence-corrected chi connectivity index (χ0v) is 16.7. The molecule has 3 rings (SSSR count). The van der Waals surface area contributed by atoms with Gasteiger partial charge in [0.1, 0.15) is 17.7 Å². The molecule has 0 spiro atoms. The first-order chi connectivity index (χ1) is 13.5. The molecule has 2 unspecified atom stereocenters. The molecular formula is C20H23N3O6. The molecule has 2 N–H and O–H groups in total. The van der Waals surface area contributed by atoms with Crippen LogP contribution in [0.4, 0.5) is 5.69 Å². The molecule has 1 saturated heterocycles. The molecule has 9 heteroatoms. The molecule has 29 heavy (non-hydrogen) atoms. The number of rotatable bonds is 4. The van der Waals surface area contributed by atoms with E-state index in [9.17, 15) is 24.0 Å². The van der Waals surface area contributed by atoms with E-state index in [-0.39, 0.29) is 24.0 Å². The molecule has 0 bridgehead atoms. The molecule has 0 saturated carbocycles. The summed E-state index contributed by atoms with van der Waals surface area (Å²) < 4.78 is 5.33. The topological polar surface area (TPSA) is 122 Å². The van der Waals surface area contributed by atoms with Gasteiger partial charge in [0.25, 0.3) is 11.8 Å². The number of nitrogens with zero attached hydrogens (tertiary/aromatic N) is 1. The second-order valence-electron chi connectivity index (χ2n) is 8.07. The standard InChI is InChI=1S/C20H23N3O6/c1-10(19(28)29-20(2,3)4)21-12-7-5-6-11-15(12)18(27)23(17(11)26)13-8-9-14(24)22-16(13)25/h5-7,10,13,21H,8-9H2,1-4H3,(H,22,24,25). The van der Waals surface area contributed by atoms with Gasteiger partial charge in [0, 0.05) is 12.1 Å². The predicted octanol–water partition coefficient (Wildman–Crippen LogP) is 1.23. The Morgan fingerprint density at radius 3 is 2.52 bits per heavy atom. The fourth-order valence-electron chi connectivity index (χ4n) is 3.32. The van der Waals surface area contributed by atoms with Gasteiger partial charge in [-0.1, -0.05) is 6.07 Å². The summed E-state index contributed by atoms with van der Waals surface area (Å²) >= 11 is 0. The Hall–Kier alpha value is -3.23. The van der Waals surface area contributed by atoms with Crippen molar-refractivity contribution in [2.45, 2.75) is 58.2 Å². The second kappa shape index (κ2) is 7.31. The molecule has 4 amide bonds. The lowest BCUT2D eigenvalue weighted by molar-refractivity contribution is -0.155. The highest BCUT2D eigenvalue weighted by atomic mass is 16.6. The van der Waals surface area contributed by atoms with Crippen LogP contribution in [0.25, 0.3) is 0 Å². The lowest BCUT2D eigenvalue weighted by atomic mass is 10.0. The largest absolute Gasteiger partial charge is 0.458 e. The van der Waals surface area contributed by atoms with Gasteiger partial charge in [-0.05, 0) is 46.2 Å². The summed E-state index contributed by atoms with van der Waals surface area (Å²) in [6, 6.07) is 2.84. The molecule has 2 atom stereocenters. The number of carbonyl (C=O) groups is 5. The van der Waals surface area contributed by atoms with Crippen LogP contribution in [-0.4, -0.2) is 52.2 Å². The van der Waals surface area contributed by atoms with Crippen molar-refractivity contribution in [2.24, 2.45) is 0 Å². The minimum atomic E-state index is -1.05. The van der Waals surface area contributed by atoms with E-state index in [1.165, 1.54) is 6.07 Å². The van der Waals surface area contributed by atoms with Crippen LogP contribution < -0.4 is 10.6 Å². The van der Waals surface area contributed by atoms with Gasteiger partial charge >= 0.3 is 5.97 Å². The number of hydrogen-bond acceptors (Lipinski definition) is 7. The van der Waals surface area contributed by atoms with Crippen molar-refractivity contribution < 1.29 is 28.7 Å². The van der Waals surface area contributed by atoms with Gasteiger partial charge in [0.05, 0.1) is 11.1 Å². The number of piperidine rings is 1. The van der Waals surface area contributed by atoms with Crippen molar-refractivity contribution in [1.82, 2.24) is 10.2 Å². The van der Waals surface area contributed by atoms with Crippen molar-refractivity contribution >= 4 is 35.3 Å². The van der Waals surface area contributed by atoms with Crippen LogP contribution in [0.1, 0.15) is 61.3 Å². The fourth-order valence-corrected chi connectivity index (χ4v) is 3.32. The van der Waals surface area contributed by atoms with Crippen LogP contribution in [0.15, 0.2) is 18.2 Å². The zero-order chi connectivity index (χ0) is 21.5. The van der Waals surface area contributed by atoms with Crippen molar-refractivity contribution in [1.29, 1.82) is 0 Å². The second-order valence-corrected chi connectivity index (χ2v) is 8.07. The predicted molar refractivity (Wildman–Crippen MR) is 102 cm³/mol. The number of benzene rings is 1. The Kier molecular flexibility index (Phi) is 5.16. The summed E-state index contributed by atoms with van der Waals surface area (Å²) in [4.78, 5) is 62.5. The van der Waals surface area contributed by atoms with Gasteiger partial charge in [-0.15, -0.1) is 0 Å². The van der Waals surface area contributed by atoms with E-state index in [1.54, 1.807) is 39.8 Å². The highest BCUT2D eigenvalue weighted by Gasteiger charge is 2.45. The normalized spacial score (nSPS) is 20.3. The van der Waals surface area contributed by atoms with Crippen molar-refractivity contribution in [3.05, 3.63) is 29.3 Å². The Bertz CT molecular complexity index is 917. The number of imide groups is 2. The number of hydrogen-bond donors (Lipinski definition) is 2. The molecule has 1 aromatic rings. The third kappa shape index (κ3) is 3.98. The van der Waals surface area contributed by atoms with E-state index in [1.807, 2.05) is 0 Å². The minimum absolute atomic E-state index is 0.0462. The fraction of sp³-hybridized carbons (Fsp3) is 0.450. The van der Waals surface area contributed by atoms with Crippen LogP contribution in [0.3, 0.4) is 0 Å². The maximum absolute atomic E-state index is 13.0. The lowest BCUT2D eigenvalue weighted by Crippen LogP contribution is -2.54. The number of fused-ring (bicyclic) bond motifs is 1. The molecular weight excluding hydrogens is 378 g/mol. The minimum Gasteiger partial charge on any atom is -0.458 e. The van der Waals surface area contributed by atoms with Gasteiger partial charge in [-0.3, -0.25) is 29.4 Å². The van der Waals surface area contributed by atoms with Crippen LogP contribution in [0, 0.1) is 0 Å². The quantitative estimate of drug-likeness (QED) is 0.575. The molecule has 2 heterocycles. The lowest BCUT2D eigenvalue weighted by Gasteiger charge is -2.28. The maximum Gasteiger partial charge on any atom is 0.328 e. The summed E-state index contributed by atoms with van der Waals surface area (Å²) in [6.07, 6.45) is 0.123. The number of carbonyl (C=O) groups excluding carboxylic acids is 5. The molecule has 2 aliphatic rings. The molecule has 2 aliphatic heterocycles. The highest BCUT2D eigenvalue weighted by Crippen LogP contribution is 2.32. The first-order valence-electron chi connectivity index (χ1n) is 9.33. The van der Waals surface area contributed by atoms with E-state index in [4.69, 9.17) is 4.74 Å². The third-order valence-corrected chi connectivity index (χ3v) is 4.60. The molecule has 0 radical (unpaired) electrons. The molecule has 0 aliphatic carbocycles. The molecule has 0 aromatic heterocycles. The number of ether oxygens (including phenoxy) is 1. The average Bonchev–Trinajstić information content (AvgIpc) is 2.86. The maximum atomic E-state index is 13.0. The van der Waals surface area contributed by atoms with E-state index in [0.717, 1.165) is 4.90 Å². The van der Waals surface area contributed by atoms with Crippen LogP contribution >= 0.6 is 0 Å². The average molecular weight is 401 g/mol. The van der Waals surface area contributed by atoms with Crippen LogP contribution in [0.5, 0.6) is 0 Å². The zero-order valence-electron chi connectivity index (χ0n) is 16.7. The van der Waals surface area contributed by atoms with Gasteiger partial charge in [0.2, 0.25) is 11.8 Å². The van der Waals surface area contributed by atoms with Crippen molar-refractivity contribution in [3.63, 3.8) is 0 Å². The Labute approximate surface area is 167 Å². The van der Waals surface area contributed by atoms with E-state index >= 15 is 0 Å². The van der Waals surface area contributed by atoms with Gasteiger partial charge in [-0.2, -0.15) is 0 Å². The summed E-state index contributed by atoms with van der Waals surface area (Å²) in [6.45, 7) is 6.83. The van der Waals surface area contributed by atoms with E-state index < -0.39 is 47.3 Å². The first kappa shape index (κ1) is 20.5. The third-order valence-electron chi connectivity index (χ3n) is 4.60. The summed E-state index contributed by atoms with van der Waals surface area (Å²) in [5, 5.41) is 5.09. The van der Waals surface area contributed by atoms with E-state index in [2.05, 4.69) is 10.6 Å². The Balaban J connectivity index is 1.86. The first-order valence-corrected chi connectivity index (χ1v) is 9.33. The monoisotopic (exact) mass is 401 g/mol. The van der Waals surface area contributed by atoms with Crippen LogP contribution in [0.2, 0.25) is 0 Å². The molecule has 1 aromatic carbocycles. The summed E-state index contributed by atoms with van der Waals surface area (Å²) in [7, 11) is 0. The Morgan fingerprint density at radius 2 is 1.90 bits per heavy atom. The number of nitrogens with one attached hydrogen (secondary N) is 2. The van der Waals surface area contributed by atoms with Crippen molar-refractivity contribution in [3.8, 4) is 0 Å². The summed E-state index contributed by atoms with van der Waals surface area (Å²) in [5.41, 5.74) is -0.132. The summed E-state index contributed by atoms with van der Waals surface area (Å²) in [5.74, 6) is -2.86. The number of esters is 1. The van der Waals surface area contributed by atoms with Gasteiger partial charge in [-0.25, -0.2) is 4.79 Å². The van der Waals surface area contributed by atoms with Crippen molar-refractivity contribution in [2.75, 3.05) is 5.32 Å². The number of amides is 4. The highest BCUT2D eigenvalue weighted by molar-refractivity contribution is 6.25. The smallest absolute Gasteiger partial charge is 0.328 e. The SMILES string of the molecule is CC(Nc1cccc2c1C(=O)N(C1CCC(=O)NC1=O)C2=O)C(=O)OC(C)(C)C.